The van der Waals surface area contributed by atoms with Crippen LogP contribution in [0, 0.1) is 0 Å². The zero-order valence-corrected chi connectivity index (χ0v) is 8.74. The largest absolute Gasteiger partial charge is 0.295 e. The van der Waals surface area contributed by atoms with Crippen LogP contribution in [0.3, 0.4) is 0 Å². The van der Waals surface area contributed by atoms with Gasteiger partial charge < -0.3 is 0 Å². The predicted molar refractivity (Wildman–Crippen MR) is 60.2 cm³/mol. The molecular weight excluding hydrogens is 170 g/mol. The lowest BCUT2D eigenvalue weighted by Gasteiger charge is -2.27. The van der Waals surface area contributed by atoms with Gasteiger partial charge in [-0.25, -0.2) is 0 Å². The van der Waals surface area contributed by atoms with Gasteiger partial charge in [0.2, 0.25) is 0 Å². The molecule has 0 N–H and O–H groups in total. The predicted octanol–water partition coefficient (Wildman–Crippen LogP) is 2.62. The Hall–Kier alpha value is -1.08. The normalized spacial score (nSPS) is 17.2. The number of nitrogens with zero attached hydrogens (tertiary/aromatic N) is 1. The van der Waals surface area contributed by atoms with Crippen LogP contribution < -0.4 is 0 Å². The minimum absolute atomic E-state index is 1.09. The quantitative estimate of drug-likeness (QED) is 0.643. The first-order chi connectivity index (χ1) is 6.90. The Morgan fingerprint density at radius 2 is 2.07 bits per heavy atom. The van der Waals surface area contributed by atoms with E-state index < -0.39 is 0 Å². The van der Waals surface area contributed by atoms with Crippen molar-refractivity contribution in [3.05, 3.63) is 47.5 Å². The fourth-order valence-corrected chi connectivity index (χ4v) is 1.96. The molecule has 0 atom stereocenters. The number of benzene rings is 1. The van der Waals surface area contributed by atoms with Crippen molar-refractivity contribution in [3.8, 4) is 0 Å². The van der Waals surface area contributed by atoms with E-state index in [0.717, 1.165) is 13.1 Å². The Balaban J connectivity index is 2.06. The summed E-state index contributed by atoms with van der Waals surface area (Å²) in [4.78, 5) is 2.49. The molecule has 1 aliphatic rings. The van der Waals surface area contributed by atoms with E-state index >= 15 is 0 Å². The van der Waals surface area contributed by atoms with Crippen molar-refractivity contribution < 1.29 is 0 Å². The van der Waals surface area contributed by atoms with Gasteiger partial charge in [0.25, 0.3) is 0 Å². The highest BCUT2D eigenvalue weighted by atomic mass is 15.1. The molecular formula is C13H17N. The second-order valence-electron chi connectivity index (χ2n) is 3.82. The van der Waals surface area contributed by atoms with Gasteiger partial charge in [-0.1, -0.05) is 36.4 Å². The first-order valence-electron chi connectivity index (χ1n) is 5.30. The molecule has 1 heterocycles. The number of allylic oxidation sites excluding steroid dienone is 1. The highest BCUT2D eigenvalue weighted by molar-refractivity contribution is 5.29. The molecule has 74 valence electrons. The van der Waals surface area contributed by atoms with Crippen molar-refractivity contribution in [2.24, 2.45) is 0 Å². The topological polar surface area (TPSA) is 3.24 Å². The smallest absolute Gasteiger partial charge is 0.0239 e. The summed E-state index contributed by atoms with van der Waals surface area (Å²) in [5.74, 6) is 0. The van der Waals surface area contributed by atoms with Crippen LogP contribution in [0.4, 0.5) is 0 Å². The van der Waals surface area contributed by atoms with Gasteiger partial charge in [0.15, 0.2) is 0 Å². The molecule has 1 nitrogen and oxygen atoms in total. The van der Waals surface area contributed by atoms with Crippen LogP contribution >= 0.6 is 0 Å². The van der Waals surface area contributed by atoms with Crippen LogP contribution in [0.2, 0.25) is 0 Å². The Bertz CT molecular complexity index is 328. The zero-order chi connectivity index (χ0) is 9.80. The van der Waals surface area contributed by atoms with E-state index in [1.165, 1.54) is 24.1 Å². The van der Waals surface area contributed by atoms with E-state index in [2.05, 4.69) is 48.2 Å². The summed E-state index contributed by atoms with van der Waals surface area (Å²) in [6.45, 7) is 5.48. The summed E-state index contributed by atoms with van der Waals surface area (Å²) in [5.41, 5.74) is 3.03. The van der Waals surface area contributed by atoms with Gasteiger partial charge in [0, 0.05) is 19.6 Å². The van der Waals surface area contributed by atoms with Crippen LogP contribution in [0.5, 0.6) is 0 Å². The molecule has 1 aromatic rings. The lowest BCUT2D eigenvalue weighted by Crippen LogP contribution is -2.30. The fraction of sp³-hybridized carbons (Fsp3) is 0.385. The van der Waals surface area contributed by atoms with Gasteiger partial charge in [-0.3, -0.25) is 4.90 Å². The Labute approximate surface area is 86.1 Å². The maximum absolute atomic E-state index is 2.49. The standard InChI is InChI=1S/C13H17N/c1-2-3-9-14-10-8-12-6-4-5-7-13(12)11-14/h2-7H,8-11H2,1H3/b3-2-. The van der Waals surface area contributed by atoms with Gasteiger partial charge in [0.05, 0.1) is 0 Å². The average molecular weight is 187 g/mol. The van der Waals surface area contributed by atoms with E-state index in [0.29, 0.717) is 0 Å². The first-order valence-corrected chi connectivity index (χ1v) is 5.30. The van der Waals surface area contributed by atoms with Gasteiger partial charge in [0.1, 0.15) is 0 Å². The lowest BCUT2D eigenvalue weighted by molar-refractivity contribution is 0.282. The second-order valence-corrected chi connectivity index (χ2v) is 3.82. The minimum Gasteiger partial charge on any atom is -0.295 e. The molecule has 0 aliphatic carbocycles. The third-order valence-corrected chi connectivity index (χ3v) is 2.81. The van der Waals surface area contributed by atoms with Gasteiger partial charge in [-0.05, 0) is 24.5 Å². The lowest BCUT2D eigenvalue weighted by atomic mass is 10.00. The van der Waals surface area contributed by atoms with Crippen molar-refractivity contribution in [1.29, 1.82) is 0 Å². The number of hydrogen-bond acceptors (Lipinski definition) is 1. The molecule has 1 heteroatoms. The highest BCUT2D eigenvalue weighted by Crippen LogP contribution is 2.17. The maximum atomic E-state index is 2.49. The van der Waals surface area contributed by atoms with Crippen molar-refractivity contribution in [2.75, 3.05) is 13.1 Å². The Kier molecular flexibility index (Phi) is 3.00. The van der Waals surface area contributed by atoms with Crippen molar-refractivity contribution in [2.45, 2.75) is 19.9 Å². The van der Waals surface area contributed by atoms with Crippen LogP contribution in [0.1, 0.15) is 18.1 Å². The Morgan fingerprint density at radius 3 is 2.86 bits per heavy atom. The minimum atomic E-state index is 1.09. The molecule has 0 saturated heterocycles. The molecule has 0 spiro atoms. The molecule has 0 unspecified atom stereocenters. The van der Waals surface area contributed by atoms with E-state index in [9.17, 15) is 0 Å². The summed E-state index contributed by atoms with van der Waals surface area (Å²) in [6, 6.07) is 8.78. The van der Waals surface area contributed by atoms with Gasteiger partial charge in [-0.2, -0.15) is 0 Å². The number of hydrogen-bond donors (Lipinski definition) is 0. The zero-order valence-electron chi connectivity index (χ0n) is 8.74. The molecule has 14 heavy (non-hydrogen) atoms. The van der Waals surface area contributed by atoms with Gasteiger partial charge in [-0.15, -0.1) is 0 Å². The van der Waals surface area contributed by atoms with Crippen LogP contribution in [-0.2, 0) is 13.0 Å². The van der Waals surface area contributed by atoms with E-state index in [4.69, 9.17) is 0 Å². The molecule has 0 radical (unpaired) electrons. The van der Waals surface area contributed by atoms with Crippen LogP contribution in [-0.4, -0.2) is 18.0 Å². The summed E-state index contributed by atoms with van der Waals surface area (Å²) in [6.07, 6.45) is 5.56. The molecule has 0 bridgehead atoms. The Morgan fingerprint density at radius 1 is 1.29 bits per heavy atom. The molecule has 2 rings (SSSR count). The van der Waals surface area contributed by atoms with Crippen molar-refractivity contribution in [3.63, 3.8) is 0 Å². The number of rotatable bonds is 2. The molecule has 1 aliphatic heterocycles. The van der Waals surface area contributed by atoms with E-state index in [1.54, 1.807) is 0 Å². The average Bonchev–Trinajstić information content (AvgIpc) is 2.26. The monoisotopic (exact) mass is 187 g/mol. The molecule has 0 fully saturated rings. The van der Waals surface area contributed by atoms with Crippen LogP contribution in [0.15, 0.2) is 36.4 Å². The summed E-state index contributed by atoms with van der Waals surface area (Å²) >= 11 is 0. The van der Waals surface area contributed by atoms with Crippen LogP contribution in [0.25, 0.3) is 0 Å². The van der Waals surface area contributed by atoms with Gasteiger partial charge >= 0.3 is 0 Å². The summed E-state index contributed by atoms with van der Waals surface area (Å²) < 4.78 is 0. The maximum Gasteiger partial charge on any atom is 0.0239 e. The fourth-order valence-electron chi connectivity index (χ4n) is 1.96. The van der Waals surface area contributed by atoms with E-state index in [-0.39, 0.29) is 0 Å². The summed E-state index contributed by atoms with van der Waals surface area (Å²) in [7, 11) is 0. The summed E-state index contributed by atoms with van der Waals surface area (Å²) in [5, 5.41) is 0. The van der Waals surface area contributed by atoms with Crippen molar-refractivity contribution in [1.82, 2.24) is 4.90 Å². The molecule has 0 aromatic heterocycles. The second kappa shape index (κ2) is 4.43. The highest BCUT2D eigenvalue weighted by Gasteiger charge is 2.13. The third kappa shape index (κ3) is 2.05. The molecule has 0 saturated carbocycles. The van der Waals surface area contributed by atoms with E-state index in [1.807, 2.05) is 0 Å². The SMILES string of the molecule is C/C=C\CN1CCc2ccccc2C1. The molecule has 1 aromatic carbocycles. The third-order valence-electron chi connectivity index (χ3n) is 2.81. The van der Waals surface area contributed by atoms with Crippen molar-refractivity contribution >= 4 is 0 Å². The first kappa shape index (κ1) is 9.47. The molecule has 0 amide bonds. The number of fused-ring (bicyclic) bond motifs is 1.